The van der Waals surface area contributed by atoms with Gasteiger partial charge in [0.15, 0.2) is 10.8 Å². The molecule has 0 aliphatic heterocycles. The van der Waals surface area contributed by atoms with Gasteiger partial charge in [0.05, 0.1) is 0 Å². The fraction of sp³-hybridized carbons (Fsp3) is 0.143. The van der Waals surface area contributed by atoms with Crippen LogP contribution in [0.1, 0.15) is 12.5 Å². The minimum Gasteiger partial charge on any atom is -0.311 e. The number of nitrogens with one attached hydrogen (secondary N) is 1. The normalized spacial score (nSPS) is 10.7. The largest absolute Gasteiger partial charge is 0.311 e. The first-order chi connectivity index (χ1) is 10.2. The Kier molecular flexibility index (Phi) is 3.83. The summed E-state index contributed by atoms with van der Waals surface area (Å²) in [6, 6.07) is 11.8. The van der Waals surface area contributed by atoms with Gasteiger partial charge in [-0.3, -0.25) is 4.79 Å². The highest BCUT2D eigenvalue weighted by Gasteiger charge is 2.09. The van der Waals surface area contributed by atoms with Gasteiger partial charge in [-0.15, -0.1) is 0 Å². The maximum Gasteiger partial charge on any atom is 0.222 e. The van der Waals surface area contributed by atoms with Crippen molar-refractivity contribution < 1.29 is 4.79 Å². The number of rotatable bonds is 4. The molecule has 0 atom stereocenters. The number of nitrogens with zero attached hydrogens (tertiary/aromatic N) is 4. The number of benzene rings is 1. The van der Waals surface area contributed by atoms with Crippen molar-refractivity contribution in [1.82, 2.24) is 19.6 Å². The van der Waals surface area contributed by atoms with Crippen LogP contribution in [0.5, 0.6) is 0 Å². The second kappa shape index (κ2) is 5.92. The molecule has 7 heteroatoms. The third-order valence-electron chi connectivity index (χ3n) is 2.75. The van der Waals surface area contributed by atoms with E-state index in [9.17, 15) is 4.79 Å². The first kappa shape index (κ1) is 13.6. The fourth-order valence-corrected chi connectivity index (χ4v) is 2.78. The van der Waals surface area contributed by atoms with Gasteiger partial charge < -0.3 is 5.32 Å². The second-order valence-electron chi connectivity index (χ2n) is 4.41. The minimum atomic E-state index is -0.162. The number of carbonyl (C=O) groups is 1. The molecule has 0 spiro atoms. The van der Waals surface area contributed by atoms with Crippen molar-refractivity contribution in [2.75, 3.05) is 5.32 Å². The van der Waals surface area contributed by atoms with E-state index in [0.717, 1.165) is 5.75 Å². The van der Waals surface area contributed by atoms with Crippen LogP contribution in [0.4, 0.5) is 5.82 Å². The van der Waals surface area contributed by atoms with Gasteiger partial charge in [0.25, 0.3) is 0 Å². The molecule has 0 bridgehead atoms. The molecular weight excluding hydrogens is 286 g/mol. The van der Waals surface area contributed by atoms with E-state index in [1.54, 1.807) is 22.3 Å². The third-order valence-corrected chi connectivity index (χ3v) is 3.75. The molecular formula is C14H13N5OS. The van der Waals surface area contributed by atoms with Crippen LogP contribution < -0.4 is 5.32 Å². The molecule has 0 aliphatic rings. The van der Waals surface area contributed by atoms with Gasteiger partial charge >= 0.3 is 0 Å². The molecule has 0 radical (unpaired) electrons. The van der Waals surface area contributed by atoms with Crippen LogP contribution in [0.2, 0.25) is 0 Å². The predicted molar refractivity (Wildman–Crippen MR) is 81.1 cm³/mol. The number of hydrogen-bond donors (Lipinski definition) is 1. The van der Waals surface area contributed by atoms with E-state index in [1.165, 1.54) is 18.8 Å². The molecule has 0 fully saturated rings. The lowest BCUT2D eigenvalue weighted by Crippen LogP contribution is -2.09. The van der Waals surface area contributed by atoms with E-state index in [4.69, 9.17) is 0 Å². The molecule has 106 valence electrons. The number of fused-ring (bicyclic) bond motifs is 1. The standard InChI is InChI=1S/C14H13N5OS/c1-10(20)17-12-7-13-15-9-16-19(13)14(18-12)21-8-11-5-3-2-4-6-11/h2-7,9H,8H2,1H3,(H,17,20). The monoisotopic (exact) mass is 299 g/mol. The highest BCUT2D eigenvalue weighted by atomic mass is 32.2. The first-order valence-electron chi connectivity index (χ1n) is 6.37. The molecule has 2 heterocycles. The highest BCUT2D eigenvalue weighted by Crippen LogP contribution is 2.23. The molecule has 21 heavy (non-hydrogen) atoms. The molecule has 3 rings (SSSR count). The lowest BCUT2D eigenvalue weighted by Gasteiger charge is -2.07. The Morgan fingerprint density at radius 2 is 2.14 bits per heavy atom. The summed E-state index contributed by atoms with van der Waals surface area (Å²) in [6.07, 6.45) is 1.47. The van der Waals surface area contributed by atoms with E-state index in [2.05, 4.69) is 32.5 Å². The lowest BCUT2D eigenvalue weighted by molar-refractivity contribution is -0.114. The number of thioether (sulfide) groups is 1. The average molecular weight is 299 g/mol. The van der Waals surface area contributed by atoms with Crippen LogP contribution in [0.25, 0.3) is 5.65 Å². The molecule has 1 amide bonds. The molecule has 0 unspecified atom stereocenters. The maximum absolute atomic E-state index is 11.2. The Hall–Kier alpha value is -2.41. The summed E-state index contributed by atoms with van der Waals surface area (Å²) < 4.78 is 1.67. The summed E-state index contributed by atoms with van der Waals surface area (Å²) in [7, 11) is 0. The summed E-state index contributed by atoms with van der Waals surface area (Å²) in [5.74, 6) is 1.09. The van der Waals surface area contributed by atoms with Crippen LogP contribution >= 0.6 is 11.8 Å². The van der Waals surface area contributed by atoms with Crippen LogP contribution in [0.15, 0.2) is 47.9 Å². The Bertz CT molecular complexity index is 771. The Labute approximate surface area is 125 Å². The van der Waals surface area contributed by atoms with E-state index in [0.29, 0.717) is 16.6 Å². The van der Waals surface area contributed by atoms with Crippen molar-refractivity contribution in [1.29, 1.82) is 0 Å². The molecule has 0 aliphatic carbocycles. The molecule has 2 aromatic heterocycles. The van der Waals surface area contributed by atoms with E-state index < -0.39 is 0 Å². The van der Waals surface area contributed by atoms with Crippen LogP contribution in [0.3, 0.4) is 0 Å². The van der Waals surface area contributed by atoms with Crippen LogP contribution in [-0.2, 0) is 10.5 Å². The third kappa shape index (κ3) is 3.19. The zero-order chi connectivity index (χ0) is 14.7. The zero-order valence-electron chi connectivity index (χ0n) is 11.4. The minimum absolute atomic E-state index is 0.162. The van der Waals surface area contributed by atoms with E-state index in [1.807, 2.05) is 18.2 Å². The molecule has 1 N–H and O–H groups in total. The maximum atomic E-state index is 11.2. The van der Waals surface area contributed by atoms with Crippen molar-refractivity contribution in [3.05, 3.63) is 48.3 Å². The predicted octanol–water partition coefficient (Wildman–Crippen LogP) is 2.38. The molecule has 0 saturated carbocycles. The molecule has 3 aromatic rings. The number of amides is 1. The Morgan fingerprint density at radius 1 is 1.33 bits per heavy atom. The summed E-state index contributed by atoms with van der Waals surface area (Å²) >= 11 is 1.55. The SMILES string of the molecule is CC(=O)Nc1cc2ncnn2c(SCc2ccccc2)n1. The number of carbonyl (C=O) groups excluding carboxylic acids is 1. The summed E-state index contributed by atoms with van der Waals surface area (Å²) in [5, 5.41) is 7.53. The van der Waals surface area contributed by atoms with Gasteiger partial charge in [-0.25, -0.2) is 9.97 Å². The summed E-state index contributed by atoms with van der Waals surface area (Å²) in [6.45, 7) is 1.45. The van der Waals surface area contributed by atoms with Gasteiger partial charge in [-0.05, 0) is 5.56 Å². The molecule has 6 nitrogen and oxygen atoms in total. The second-order valence-corrected chi connectivity index (χ2v) is 5.35. The Morgan fingerprint density at radius 3 is 2.90 bits per heavy atom. The summed E-state index contributed by atoms with van der Waals surface area (Å²) in [5.41, 5.74) is 1.85. The topological polar surface area (TPSA) is 72.2 Å². The van der Waals surface area contributed by atoms with Gasteiger partial charge in [0.2, 0.25) is 5.91 Å². The average Bonchev–Trinajstić information content (AvgIpc) is 2.93. The molecule has 0 saturated heterocycles. The van der Waals surface area contributed by atoms with Gasteiger partial charge in [-0.2, -0.15) is 9.61 Å². The lowest BCUT2D eigenvalue weighted by atomic mass is 10.2. The van der Waals surface area contributed by atoms with Crippen LogP contribution in [-0.4, -0.2) is 25.5 Å². The number of aromatic nitrogens is 4. The van der Waals surface area contributed by atoms with Gasteiger partial charge in [-0.1, -0.05) is 42.1 Å². The number of hydrogen-bond acceptors (Lipinski definition) is 5. The van der Waals surface area contributed by atoms with Crippen molar-refractivity contribution in [2.45, 2.75) is 17.8 Å². The quantitative estimate of drug-likeness (QED) is 0.591. The smallest absolute Gasteiger partial charge is 0.222 e. The van der Waals surface area contributed by atoms with Crippen molar-refractivity contribution in [2.24, 2.45) is 0 Å². The van der Waals surface area contributed by atoms with Gasteiger partial charge in [0, 0.05) is 18.7 Å². The van der Waals surface area contributed by atoms with E-state index in [-0.39, 0.29) is 5.91 Å². The fourth-order valence-electron chi connectivity index (χ4n) is 1.86. The van der Waals surface area contributed by atoms with Crippen molar-refractivity contribution in [3.63, 3.8) is 0 Å². The van der Waals surface area contributed by atoms with Crippen LogP contribution in [0, 0.1) is 0 Å². The Balaban J connectivity index is 1.89. The van der Waals surface area contributed by atoms with E-state index >= 15 is 0 Å². The van der Waals surface area contributed by atoms with Crippen molar-refractivity contribution in [3.8, 4) is 0 Å². The van der Waals surface area contributed by atoms with Gasteiger partial charge in [0.1, 0.15) is 12.1 Å². The highest BCUT2D eigenvalue weighted by molar-refractivity contribution is 7.98. The number of anilines is 1. The summed E-state index contributed by atoms with van der Waals surface area (Å²) in [4.78, 5) is 19.7. The molecule has 1 aromatic carbocycles. The van der Waals surface area contributed by atoms with Crippen molar-refractivity contribution >= 4 is 29.1 Å². The zero-order valence-corrected chi connectivity index (χ0v) is 12.2. The first-order valence-corrected chi connectivity index (χ1v) is 7.36.